The molecule has 3 heterocycles. The van der Waals surface area contributed by atoms with Crippen LogP contribution < -0.4 is 10.6 Å². The number of carbonyl (C=O) groups excluding carboxylic acids is 2. The van der Waals surface area contributed by atoms with Crippen LogP contribution in [0, 0.1) is 0 Å². The lowest BCUT2D eigenvalue weighted by Crippen LogP contribution is -2.43. The minimum atomic E-state index is -0.115. The van der Waals surface area contributed by atoms with Crippen molar-refractivity contribution < 1.29 is 14.3 Å². The summed E-state index contributed by atoms with van der Waals surface area (Å²) in [5.74, 6) is 0.594. The first kappa shape index (κ1) is 15.6. The van der Waals surface area contributed by atoms with Gasteiger partial charge in [0.1, 0.15) is 5.82 Å². The summed E-state index contributed by atoms with van der Waals surface area (Å²) in [5, 5.41) is 5.66. The van der Waals surface area contributed by atoms with Crippen LogP contribution in [0.15, 0.2) is 36.5 Å². The molecule has 0 spiro atoms. The van der Waals surface area contributed by atoms with Gasteiger partial charge in [0, 0.05) is 30.5 Å². The number of pyridine rings is 1. The van der Waals surface area contributed by atoms with E-state index in [0.29, 0.717) is 38.5 Å². The summed E-state index contributed by atoms with van der Waals surface area (Å²) in [6.45, 7) is 2.36. The van der Waals surface area contributed by atoms with E-state index in [1.807, 2.05) is 30.3 Å². The second kappa shape index (κ2) is 6.52. The smallest absolute Gasteiger partial charge is 0.321 e. The van der Waals surface area contributed by atoms with Crippen molar-refractivity contribution in [1.82, 2.24) is 9.88 Å². The molecule has 0 saturated carbocycles. The molecule has 7 nitrogen and oxygen atoms in total. The van der Waals surface area contributed by atoms with E-state index < -0.39 is 0 Å². The minimum absolute atomic E-state index is 0.0376. The number of hydrogen-bond acceptors (Lipinski definition) is 4. The number of carbonyl (C=O) groups is 2. The van der Waals surface area contributed by atoms with Crippen molar-refractivity contribution in [3.05, 3.63) is 42.1 Å². The van der Waals surface area contributed by atoms with Crippen LogP contribution in [0.3, 0.4) is 0 Å². The first-order valence-electron chi connectivity index (χ1n) is 8.22. The fourth-order valence-corrected chi connectivity index (χ4v) is 3.09. The molecule has 1 saturated heterocycles. The van der Waals surface area contributed by atoms with Crippen molar-refractivity contribution in [2.24, 2.45) is 0 Å². The summed E-state index contributed by atoms with van der Waals surface area (Å²) in [4.78, 5) is 29.8. The molecule has 0 aliphatic carbocycles. The Morgan fingerprint density at radius 1 is 1.16 bits per heavy atom. The largest absolute Gasteiger partial charge is 0.378 e. The SMILES string of the molecule is O=C1Cc2c(-c3ccc(NC(=O)N4CCOCC4)cc3)ccnc2N1. The molecule has 2 N–H and O–H groups in total. The van der Waals surface area contributed by atoms with Gasteiger partial charge in [0.05, 0.1) is 19.6 Å². The monoisotopic (exact) mass is 338 g/mol. The summed E-state index contributed by atoms with van der Waals surface area (Å²) >= 11 is 0. The van der Waals surface area contributed by atoms with Gasteiger partial charge in [-0.1, -0.05) is 12.1 Å². The molecule has 0 radical (unpaired) electrons. The van der Waals surface area contributed by atoms with Crippen LogP contribution in [0.5, 0.6) is 0 Å². The molecule has 3 amide bonds. The third kappa shape index (κ3) is 3.18. The van der Waals surface area contributed by atoms with Crippen LogP contribution in [0.25, 0.3) is 11.1 Å². The molecule has 1 aromatic heterocycles. The molecule has 1 aromatic carbocycles. The molecule has 0 unspecified atom stereocenters. The molecule has 4 rings (SSSR count). The number of hydrogen-bond donors (Lipinski definition) is 2. The maximum Gasteiger partial charge on any atom is 0.321 e. The molecule has 2 aromatic rings. The van der Waals surface area contributed by atoms with Gasteiger partial charge in [-0.15, -0.1) is 0 Å². The van der Waals surface area contributed by atoms with E-state index in [1.165, 1.54) is 0 Å². The standard InChI is InChI=1S/C18H18N4O3/c23-16-11-15-14(5-6-19-17(15)21-16)12-1-3-13(4-2-12)20-18(24)22-7-9-25-10-8-22/h1-6H,7-11H2,(H,20,24)(H,19,21,23). The van der Waals surface area contributed by atoms with E-state index in [2.05, 4.69) is 15.6 Å². The fourth-order valence-electron chi connectivity index (χ4n) is 3.09. The van der Waals surface area contributed by atoms with E-state index >= 15 is 0 Å². The highest BCUT2D eigenvalue weighted by atomic mass is 16.5. The first-order valence-corrected chi connectivity index (χ1v) is 8.22. The normalized spacial score (nSPS) is 16.3. The number of nitrogens with zero attached hydrogens (tertiary/aromatic N) is 2. The van der Waals surface area contributed by atoms with Crippen molar-refractivity contribution in [3.63, 3.8) is 0 Å². The van der Waals surface area contributed by atoms with Gasteiger partial charge in [-0.2, -0.15) is 0 Å². The highest BCUT2D eigenvalue weighted by Crippen LogP contribution is 2.32. The molecule has 1 fully saturated rings. The maximum atomic E-state index is 12.2. The molecule has 0 atom stereocenters. The number of ether oxygens (including phenoxy) is 1. The molecule has 0 bridgehead atoms. The van der Waals surface area contributed by atoms with Crippen molar-refractivity contribution >= 4 is 23.4 Å². The van der Waals surface area contributed by atoms with Gasteiger partial charge in [-0.3, -0.25) is 4.79 Å². The van der Waals surface area contributed by atoms with Gasteiger partial charge >= 0.3 is 6.03 Å². The van der Waals surface area contributed by atoms with Crippen LogP contribution in [0.4, 0.5) is 16.3 Å². The molecule has 25 heavy (non-hydrogen) atoms. The number of fused-ring (bicyclic) bond motifs is 1. The third-order valence-corrected chi connectivity index (χ3v) is 4.40. The van der Waals surface area contributed by atoms with Gasteiger partial charge in [-0.25, -0.2) is 9.78 Å². The Kier molecular flexibility index (Phi) is 4.07. The number of urea groups is 1. The second-order valence-electron chi connectivity index (χ2n) is 6.02. The van der Waals surface area contributed by atoms with Crippen LogP contribution >= 0.6 is 0 Å². The zero-order valence-electron chi connectivity index (χ0n) is 13.6. The molecule has 128 valence electrons. The zero-order valence-corrected chi connectivity index (χ0v) is 13.6. The van der Waals surface area contributed by atoms with Gasteiger partial charge in [0.2, 0.25) is 5.91 Å². The number of amides is 3. The molecule has 2 aliphatic heterocycles. The van der Waals surface area contributed by atoms with Gasteiger partial charge in [0.15, 0.2) is 0 Å². The third-order valence-electron chi connectivity index (χ3n) is 4.40. The van der Waals surface area contributed by atoms with E-state index in [4.69, 9.17) is 4.74 Å². The summed E-state index contributed by atoms with van der Waals surface area (Å²) in [7, 11) is 0. The Balaban J connectivity index is 1.50. The van der Waals surface area contributed by atoms with E-state index in [9.17, 15) is 9.59 Å². The Morgan fingerprint density at radius 3 is 2.68 bits per heavy atom. The average molecular weight is 338 g/mol. The summed E-state index contributed by atoms with van der Waals surface area (Å²) in [5.41, 5.74) is 3.62. The van der Waals surface area contributed by atoms with Crippen LogP contribution in [-0.4, -0.2) is 48.1 Å². The Labute approximate surface area is 145 Å². The predicted molar refractivity (Wildman–Crippen MR) is 93.4 cm³/mol. The molecule has 2 aliphatic rings. The van der Waals surface area contributed by atoms with Crippen molar-refractivity contribution in [2.45, 2.75) is 6.42 Å². The van der Waals surface area contributed by atoms with Crippen molar-refractivity contribution in [3.8, 4) is 11.1 Å². The topological polar surface area (TPSA) is 83.6 Å². The number of morpholine rings is 1. The fraction of sp³-hybridized carbons (Fsp3) is 0.278. The number of benzene rings is 1. The number of aromatic nitrogens is 1. The molecular weight excluding hydrogens is 320 g/mol. The van der Waals surface area contributed by atoms with Crippen LogP contribution in [0.1, 0.15) is 5.56 Å². The number of rotatable bonds is 2. The number of anilines is 2. The summed E-state index contributed by atoms with van der Waals surface area (Å²) in [6, 6.07) is 9.40. The van der Waals surface area contributed by atoms with E-state index in [-0.39, 0.29) is 11.9 Å². The van der Waals surface area contributed by atoms with Crippen LogP contribution in [0.2, 0.25) is 0 Å². The maximum absolute atomic E-state index is 12.2. The van der Waals surface area contributed by atoms with Crippen molar-refractivity contribution in [1.29, 1.82) is 0 Å². The Hall–Kier alpha value is -2.93. The quantitative estimate of drug-likeness (QED) is 0.878. The molecule has 7 heteroatoms. The lowest BCUT2D eigenvalue weighted by Gasteiger charge is -2.26. The zero-order chi connectivity index (χ0) is 17.2. The first-order chi connectivity index (χ1) is 12.2. The van der Waals surface area contributed by atoms with Gasteiger partial charge in [-0.05, 0) is 29.3 Å². The summed E-state index contributed by atoms with van der Waals surface area (Å²) < 4.78 is 5.25. The summed E-state index contributed by atoms with van der Waals surface area (Å²) in [6.07, 6.45) is 2.03. The lowest BCUT2D eigenvalue weighted by atomic mass is 10.00. The lowest BCUT2D eigenvalue weighted by molar-refractivity contribution is -0.115. The Morgan fingerprint density at radius 2 is 1.92 bits per heavy atom. The van der Waals surface area contributed by atoms with Gasteiger partial charge < -0.3 is 20.3 Å². The highest BCUT2D eigenvalue weighted by Gasteiger charge is 2.22. The van der Waals surface area contributed by atoms with Crippen LogP contribution in [-0.2, 0) is 16.0 Å². The predicted octanol–water partition coefficient (Wildman–Crippen LogP) is 2.11. The second-order valence-corrected chi connectivity index (χ2v) is 6.02. The van der Waals surface area contributed by atoms with E-state index in [1.54, 1.807) is 11.1 Å². The average Bonchev–Trinajstić information content (AvgIpc) is 3.03. The van der Waals surface area contributed by atoms with Gasteiger partial charge in [0.25, 0.3) is 0 Å². The Bertz CT molecular complexity index is 814. The highest BCUT2D eigenvalue weighted by molar-refractivity contribution is 6.00. The number of nitrogens with one attached hydrogen (secondary N) is 2. The molecular formula is C18H18N4O3. The van der Waals surface area contributed by atoms with E-state index in [0.717, 1.165) is 22.4 Å². The van der Waals surface area contributed by atoms with Crippen molar-refractivity contribution in [2.75, 3.05) is 36.9 Å². The minimum Gasteiger partial charge on any atom is -0.378 e.